The Morgan fingerprint density at radius 1 is 1.25 bits per heavy atom. The van der Waals surface area contributed by atoms with Crippen molar-refractivity contribution >= 4 is 39.2 Å². The summed E-state index contributed by atoms with van der Waals surface area (Å²) in [5.74, 6) is 0.153. The van der Waals surface area contributed by atoms with Crippen molar-refractivity contribution < 1.29 is 4.79 Å². The average molecular weight is 412 g/mol. The molecule has 0 aliphatic heterocycles. The molecule has 28 heavy (non-hydrogen) atoms. The molecule has 144 valence electrons. The third kappa shape index (κ3) is 4.10. The minimum atomic E-state index is -0.103. The fourth-order valence-corrected chi connectivity index (χ4v) is 4.68. The topological polar surface area (TPSA) is 55.2 Å². The molecule has 2 aromatic heterocycles. The molecule has 0 unspecified atom stereocenters. The third-order valence-corrected chi connectivity index (χ3v) is 6.12. The Labute approximate surface area is 172 Å². The summed E-state index contributed by atoms with van der Waals surface area (Å²) in [6, 6.07) is 9.81. The third-order valence-electron chi connectivity index (χ3n) is 4.24. The normalized spacial score (nSPS) is 10.8. The molecule has 1 amide bonds. The highest BCUT2D eigenvalue weighted by molar-refractivity contribution is 7.99. The second kappa shape index (κ2) is 9.03. The highest BCUT2D eigenvalue weighted by Crippen LogP contribution is 2.31. The van der Waals surface area contributed by atoms with Crippen molar-refractivity contribution in [3.63, 3.8) is 0 Å². The van der Waals surface area contributed by atoms with E-state index in [1.165, 1.54) is 27.7 Å². The quantitative estimate of drug-likeness (QED) is 0.320. The van der Waals surface area contributed by atoms with Crippen molar-refractivity contribution in [1.29, 1.82) is 0 Å². The number of carbonyl (C=O) groups excluding carboxylic acids is 1. The van der Waals surface area contributed by atoms with Gasteiger partial charge in [0.05, 0.1) is 11.1 Å². The van der Waals surface area contributed by atoms with Gasteiger partial charge in [0.2, 0.25) is 5.91 Å². The Hall–Kier alpha value is -2.64. The van der Waals surface area contributed by atoms with Gasteiger partial charge in [0.1, 0.15) is 4.83 Å². The number of benzene rings is 1. The molecule has 0 atom stereocenters. The zero-order chi connectivity index (χ0) is 20.1. The minimum absolute atomic E-state index is 0.0460. The predicted molar refractivity (Wildman–Crippen MR) is 118 cm³/mol. The lowest BCUT2D eigenvalue weighted by Gasteiger charge is -2.19. The van der Waals surface area contributed by atoms with Crippen LogP contribution in [0.5, 0.6) is 0 Å². The van der Waals surface area contributed by atoms with Crippen LogP contribution < -0.4 is 5.56 Å². The molecule has 0 bridgehead atoms. The van der Waals surface area contributed by atoms with E-state index in [0.29, 0.717) is 28.5 Å². The van der Waals surface area contributed by atoms with Crippen LogP contribution >= 0.6 is 23.1 Å². The van der Waals surface area contributed by atoms with Crippen molar-refractivity contribution in [2.24, 2.45) is 7.05 Å². The van der Waals surface area contributed by atoms with Crippen LogP contribution in [0, 0.1) is 0 Å². The Morgan fingerprint density at radius 3 is 2.57 bits per heavy atom. The van der Waals surface area contributed by atoms with E-state index in [0.717, 1.165) is 11.1 Å². The maximum Gasteiger partial charge on any atom is 0.263 e. The second-order valence-electron chi connectivity index (χ2n) is 6.12. The molecule has 7 heteroatoms. The van der Waals surface area contributed by atoms with E-state index in [1.54, 1.807) is 24.1 Å². The van der Waals surface area contributed by atoms with Gasteiger partial charge in [-0.05, 0) is 5.56 Å². The Bertz CT molecular complexity index is 1060. The van der Waals surface area contributed by atoms with Crippen molar-refractivity contribution in [3.8, 4) is 11.1 Å². The Balaban J connectivity index is 1.89. The van der Waals surface area contributed by atoms with E-state index in [9.17, 15) is 9.59 Å². The molecule has 0 aliphatic carbocycles. The SMILES string of the molecule is C=CCN(CC=C)C(=O)CSc1nc2scc(-c3ccccc3)c2c(=O)n1C. The fraction of sp³-hybridized carbons (Fsp3) is 0.190. The van der Waals surface area contributed by atoms with Gasteiger partial charge >= 0.3 is 0 Å². The van der Waals surface area contributed by atoms with E-state index >= 15 is 0 Å². The van der Waals surface area contributed by atoms with Crippen LogP contribution in [0.2, 0.25) is 0 Å². The summed E-state index contributed by atoms with van der Waals surface area (Å²) in [7, 11) is 1.69. The molecule has 5 nitrogen and oxygen atoms in total. The second-order valence-corrected chi connectivity index (χ2v) is 7.92. The minimum Gasteiger partial charge on any atom is -0.335 e. The number of rotatable bonds is 8. The van der Waals surface area contributed by atoms with Crippen molar-refractivity contribution in [2.45, 2.75) is 5.16 Å². The van der Waals surface area contributed by atoms with E-state index in [-0.39, 0.29) is 17.2 Å². The Kier molecular flexibility index (Phi) is 6.49. The largest absolute Gasteiger partial charge is 0.335 e. The predicted octanol–water partition coefficient (Wildman–Crippen LogP) is 3.95. The summed E-state index contributed by atoms with van der Waals surface area (Å²) >= 11 is 2.71. The lowest BCUT2D eigenvalue weighted by molar-refractivity contribution is -0.127. The first-order chi connectivity index (χ1) is 13.6. The number of fused-ring (bicyclic) bond motifs is 1. The molecular weight excluding hydrogens is 390 g/mol. The molecule has 3 aromatic rings. The van der Waals surface area contributed by atoms with Crippen LogP contribution in [-0.2, 0) is 11.8 Å². The van der Waals surface area contributed by atoms with Crippen LogP contribution in [0.4, 0.5) is 0 Å². The average Bonchev–Trinajstić information content (AvgIpc) is 3.14. The van der Waals surface area contributed by atoms with Gasteiger partial charge in [-0.2, -0.15) is 0 Å². The highest BCUT2D eigenvalue weighted by atomic mass is 32.2. The number of hydrogen-bond acceptors (Lipinski definition) is 5. The first-order valence-corrected chi connectivity index (χ1v) is 10.6. The van der Waals surface area contributed by atoms with Gasteiger partial charge < -0.3 is 4.90 Å². The van der Waals surface area contributed by atoms with Crippen LogP contribution in [0.1, 0.15) is 0 Å². The van der Waals surface area contributed by atoms with Gasteiger partial charge in [-0.15, -0.1) is 24.5 Å². The highest BCUT2D eigenvalue weighted by Gasteiger charge is 2.17. The fourth-order valence-electron chi connectivity index (χ4n) is 2.82. The number of thioether (sulfide) groups is 1. The van der Waals surface area contributed by atoms with Crippen LogP contribution in [0.15, 0.2) is 71.0 Å². The van der Waals surface area contributed by atoms with Crippen LogP contribution in [0.3, 0.4) is 0 Å². The van der Waals surface area contributed by atoms with Crippen LogP contribution in [-0.4, -0.2) is 39.2 Å². The number of carbonyl (C=O) groups is 1. The summed E-state index contributed by atoms with van der Waals surface area (Å²) in [5.41, 5.74) is 1.78. The monoisotopic (exact) mass is 411 g/mol. The van der Waals surface area contributed by atoms with Gasteiger partial charge in [0.15, 0.2) is 5.16 Å². The van der Waals surface area contributed by atoms with Crippen molar-refractivity contribution in [1.82, 2.24) is 14.5 Å². The summed E-state index contributed by atoms with van der Waals surface area (Å²) in [6.07, 6.45) is 3.37. The first kappa shape index (κ1) is 20.1. The lowest BCUT2D eigenvalue weighted by Crippen LogP contribution is -2.33. The van der Waals surface area contributed by atoms with E-state index in [2.05, 4.69) is 18.1 Å². The molecule has 0 fully saturated rings. The molecule has 0 radical (unpaired) electrons. The maximum absolute atomic E-state index is 13.0. The molecule has 2 heterocycles. The van der Waals surface area contributed by atoms with E-state index in [4.69, 9.17) is 0 Å². The molecule has 0 spiro atoms. The van der Waals surface area contributed by atoms with Crippen molar-refractivity contribution in [2.75, 3.05) is 18.8 Å². The number of thiophene rings is 1. The molecule has 0 saturated heterocycles. The molecule has 0 N–H and O–H groups in total. The maximum atomic E-state index is 13.0. The number of amides is 1. The number of aromatic nitrogens is 2. The van der Waals surface area contributed by atoms with Crippen molar-refractivity contribution in [3.05, 3.63) is 71.4 Å². The van der Waals surface area contributed by atoms with E-state index < -0.39 is 0 Å². The lowest BCUT2D eigenvalue weighted by atomic mass is 10.1. The number of hydrogen-bond donors (Lipinski definition) is 0. The van der Waals surface area contributed by atoms with Gasteiger partial charge in [-0.1, -0.05) is 54.2 Å². The number of nitrogens with zero attached hydrogens (tertiary/aromatic N) is 3. The summed E-state index contributed by atoms with van der Waals surface area (Å²) in [4.78, 5) is 32.4. The summed E-state index contributed by atoms with van der Waals surface area (Å²) in [5, 5.41) is 3.11. The Morgan fingerprint density at radius 2 is 1.93 bits per heavy atom. The molecule has 3 rings (SSSR count). The smallest absolute Gasteiger partial charge is 0.263 e. The van der Waals surface area contributed by atoms with Gasteiger partial charge in [0.25, 0.3) is 5.56 Å². The molecular formula is C21H21N3O2S2. The van der Waals surface area contributed by atoms with E-state index in [1.807, 2.05) is 35.7 Å². The zero-order valence-corrected chi connectivity index (χ0v) is 17.3. The first-order valence-electron chi connectivity index (χ1n) is 8.72. The molecule has 0 aliphatic rings. The molecule has 0 saturated carbocycles. The summed E-state index contributed by atoms with van der Waals surface area (Å²) in [6.45, 7) is 8.28. The standard InChI is InChI=1S/C21H21N3O2S2/c1-4-11-24(12-5-2)17(25)14-28-21-22-19-18(20(26)23(21)3)16(13-27-19)15-9-7-6-8-10-15/h4-10,13H,1-2,11-12,14H2,3H3. The van der Waals surface area contributed by atoms with Crippen LogP contribution in [0.25, 0.3) is 21.3 Å². The van der Waals surface area contributed by atoms with Gasteiger partial charge in [-0.3, -0.25) is 14.2 Å². The zero-order valence-electron chi connectivity index (χ0n) is 15.6. The summed E-state index contributed by atoms with van der Waals surface area (Å²) < 4.78 is 1.52. The van der Waals surface area contributed by atoms with Gasteiger partial charge in [-0.25, -0.2) is 4.98 Å². The molecule has 1 aromatic carbocycles. The van der Waals surface area contributed by atoms with Gasteiger partial charge in [0, 0.05) is 31.1 Å².